The van der Waals surface area contributed by atoms with Gasteiger partial charge in [0.15, 0.2) is 0 Å². The fourth-order valence-electron chi connectivity index (χ4n) is 0.834. The van der Waals surface area contributed by atoms with Crippen molar-refractivity contribution in [3.8, 4) is 0 Å². The van der Waals surface area contributed by atoms with E-state index in [1.165, 1.54) is 7.11 Å². The van der Waals surface area contributed by atoms with Crippen LogP contribution in [0.3, 0.4) is 0 Å². The molecule has 0 aromatic rings. The van der Waals surface area contributed by atoms with E-state index in [9.17, 15) is 9.59 Å². The smallest absolute Gasteiger partial charge is 0.347 e. The Morgan fingerprint density at radius 3 is 1.79 bits per heavy atom. The summed E-state index contributed by atoms with van der Waals surface area (Å²) in [5, 5.41) is 0. The second kappa shape index (κ2) is 5.62. The molecule has 0 fully saturated rings. The van der Waals surface area contributed by atoms with Crippen LogP contribution in [-0.4, -0.2) is 25.2 Å². The Labute approximate surface area is 84.6 Å². The zero-order valence-corrected chi connectivity index (χ0v) is 9.37. The molecule has 0 bridgehead atoms. The average Bonchev–Trinajstić information content (AvgIpc) is 2.11. The van der Waals surface area contributed by atoms with Crippen LogP contribution in [0.5, 0.6) is 0 Å². The van der Waals surface area contributed by atoms with Crippen molar-refractivity contribution in [2.45, 2.75) is 33.8 Å². The molecule has 0 heterocycles. The van der Waals surface area contributed by atoms with Crippen LogP contribution < -0.4 is 0 Å². The quantitative estimate of drug-likeness (QED) is 0.646. The molecule has 0 saturated heterocycles. The van der Waals surface area contributed by atoms with Crippen LogP contribution in [0, 0.1) is 11.8 Å². The standard InChI is InChI=1S/C10H18O4/c1-6(2)8(10(12)13-5)14-9(11)7(3)4/h6-8H,1-5H3. The van der Waals surface area contributed by atoms with E-state index in [-0.39, 0.29) is 17.8 Å². The normalized spacial score (nSPS) is 12.8. The van der Waals surface area contributed by atoms with Gasteiger partial charge in [-0.15, -0.1) is 0 Å². The van der Waals surface area contributed by atoms with Gasteiger partial charge < -0.3 is 9.47 Å². The van der Waals surface area contributed by atoms with Crippen LogP contribution >= 0.6 is 0 Å². The topological polar surface area (TPSA) is 52.6 Å². The van der Waals surface area contributed by atoms with Crippen molar-refractivity contribution in [3.05, 3.63) is 0 Å². The lowest BCUT2D eigenvalue weighted by atomic mass is 10.1. The SMILES string of the molecule is COC(=O)C(OC(=O)C(C)C)C(C)C. The van der Waals surface area contributed by atoms with Crippen LogP contribution in [0.2, 0.25) is 0 Å². The molecule has 0 aliphatic heterocycles. The number of rotatable bonds is 4. The van der Waals surface area contributed by atoms with E-state index >= 15 is 0 Å². The number of esters is 2. The summed E-state index contributed by atoms with van der Waals surface area (Å²) in [4.78, 5) is 22.5. The number of hydrogen-bond acceptors (Lipinski definition) is 4. The van der Waals surface area contributed by atoms with Crippen LogP contribution in [0.4, 0.5) is 0 Å². The molecular weight excluding hydrogens is 184 g/mol. The first-order valence-corrected chi connectivity index (χ1v) is 4.68. The molecule has 82 valence electrons. The monoisotopic (exact) mass is 202 g/mol. The van der Waals surface area contributed by atoms with Gasteiger partial charge in [0.25, 0.3) is 0 Å². The Hall–Kier alpha value is -1.06. The molecule has 1 unspecified atom stereocenters. The Kier molecular flexibility index (Phi) is 5.20. The van der Waals surface area contributed by atoms with Gasteiger partial charge in [-0.25, -0.2) is 4.79 Å². The minimum Gasteiger partial charge on any atom is -0.466 e. The average molecular weight is 202 g/mol. The second-order valence-corrected chi connectivity index (χ2v) is 3.78. The summed E-state index contributed by atoms with van der Waals surface area (Å²) < 4.78 is 9.55. The van der Waals surface area contributed by atoms with Crippen molar-refractivity contribution in [2.75, 3.05) is 7.11 Å². The van der Waals surface area contributed by atoms with Gasteiger partial charge in [0.1, 0.15) is 0 Å². The molecular formula is C10H18O4. The van der Waals surface area contributed by atoms with Gasteiger partial charge >= 0.3 is 11.9 Å². The lowest BCUT2D eigenvalue weighted by molar-refractivity contribution is -0.171. The molecule has 0 radical (unpaired) electrons. The number of ether oxygens (including phenoxy) is 2. The second-order valence-electron chi connectivity index (χ2n) is 3.78. The van der Waals surface area contributed by atoms with Crippen LogP contribution in [-0.2, 0) is 19.1 Å². The van der Waals surface area contributed by atoms with Crippen LogP contribution in [0.1, 0.15) is 27.7 Å². The van der Waals surface area contributed by atoms with Crippen molar-refractivity contribution >= 4 is 11.9 Å². The van der Waals surface area contributed by atoms with Gasteiger partial charge in [-0.05, 0) is 0 Å². The zero-order chi connectivity index (χ0) is 11.3. The molecule has 0 saturated carbocycles. The zero-order valence-electron chi connectivity index (χ0n) is 9.37. The molecule has 0 N–H and O–H groups in total. The molecule has 14 heavy (non-hydrogen) atoms. The van der Waals surface area contributed by atoms with Gasteiger partial charge in [0.05, 0.1) is 13.0 Å². The van der Waals surface area contributed by atoms with E-state index in [4.69, 9.17) is 4.74 Å². The Morgan fingerprint density at radius 2 is 1.50 bits per heavy atom. The van der Waals surface area contributed by atoms with E-state index in [0.29, 0.717) is 0 Å². The van der Waals surface area contributed by atoms with Gasteiger partial charge in [-0.3, -0.25) is 4.79 Å². The van der Waals surface area contributed by atoms with Crippen molar-refractivity contribution in [1.29, 1.82) is 0 Å². The third kappa shape index (κ3) is 3.77. The van der Waals surface area contributed by atoms with E-state index in [0.717, 1.165) is 0 Å². The molecule has 1 atom stereocenters. The van der Waals surface area contributed by atoms with Gasteiger partial charge in [0, 0.05) is 5.92 Å². The molecule has 0 amide bonds. The molecule has 0 rings (SSSR count). The van der Waals surface area contributed by atoms with Gasteiger partial charge in [-0.2, -0.15) is 0 Å². The predicted molar refractivity (Wildman–Crippen MR) is 51.6 cm³/mol. The van der Waals surface area contributed by atoms with E-state index in [2.05, 4.69) is 4.74 Å². The molecule has 0 aliphatic rings. The highest BCUT2D eigenvalue weighted by molar-refractivity contribution is 5.80. The van der Waals surface area contributed by atoms with Gasteiger partial charge in [-0.1, -0.05) is 27.7 Å². The van der Waals surface area contributed by atoms with Crippen LogP contribution in [0.15, 0.2) is 0 Å². The number of carbonyl (C=O) groups excluding carboxylic acids is 2. The highest BCUT2D eigenvalue weighted by Gasteiger charge is 2.27. The number of hydrogen-bond donors (Lipinski definition) is 0. The highest BCUT2D eigenvalue weighted by atomic mass is 16.6. The Bertz CT molecular complexity index is 208. The molecule has 0 spiro atoms. The fourth-order valence-corrected chi connectivity index (χ4v) is 0.834. The van der Waals surface area contributed by atoms with Crippen molar-refractivity contribution in [2.24, 2.45) is 11.8 Å². The first-order chi connectivity index (χ1) is 6.40. The molecule has 0 aromatic heterocycles. The van der Waals surface area contributed by atoms with E-state index < -0.39 is 12.1 Å². The molecule has 4 heteroatoms. The number of methoxy groups -OCH3 is 1. The minimum atomic E-state index is -0.796. The number of carbonyl (C=O) groups is 2. The molecule has 4 nitrogen and oxygen atoms in total. The summed E-state index contributed by atoms with van der Waals surface area (Å²) >= 11 is 0. The maximum Gasteiger partial charge on any atom is 0.347 e. The summed E-state index contributed by atoms with van der Waals surface area (Å²) in [5.41, 5.74) is 0. The van der Waals surface area contributed by atoms with E-state index in [1.54, 1.807) is 27.7 Å². The van der Waals surface area contributed by atoms with Crippen molar-refractivity contribution < 1.29 is 19.1 Å². The third-order valence-corrected chi connectivity index (χ3v) is 1.75. The van der Waals surface area contributed by atoms with Crippen LogP contribution in [0.25, 0.3) is 0 Å². The lowest BCUT2D eigenvalue weighted by Gasteiger charge is -2.19. The largest absolute Gasteiger partial charge is 0.466 e. The van der Waals surface area contributed by atoms with E-state index in [1.807, 2.05) is 0 Å². The summed E-state index contributed by atoms with van der Waals surface area (Å²) in [6.07, 6.45) is -0.796. The first kappa shape index (κ1) is 12.9. The predicted octanol–water partition coefficient (Wildman–Crippen LogP) is 1.38. The molecule has 0 aromatic carbocycles. The van der Waals surface area contributed by atoms with Crippen molar-refractivity contribution in [3.63, 3.8) is 0 Å². The summed E-state index contributed by atoms with van der Waals surface area (Å²) in [6.45, 7) is 7.04. The minimum absolute atomic E-state index is 0.0786. The fraction of sp³-hybridized carbons (Fsp3) is 0.800. The van der Waals surface area contributed by atoms with Crippen molar-refractivity contribution in [1.82, 2.24) is 0 Å². The first-order valence-electron chi connectivity index (χ1n) is 4.68. The highest BCUT2D eigenvalue weighted by Crippen LogP contribution is 2.11. The third-order valence-electron chi connectivity index (χ3n) is 1.75. The maximum atomic E-state index is 11.2. The van der Waals surface area contributed by atoms with Gasteiger partial charge in [0.2, 0.25) is 6.10 Å². The Balaban J connectivity index is 4.38. The molecule has 0 aliphatic carbocycles. The summed E-state index contributed by atoms with van der Waals surface area (Å²) in [6, 6.07) is 0. The summed E-state index contributed by atoms with van der Waals surface area (Å²) in [5.74, 6) is -1.20. The maximum absolute atomic E-state index is 11.2. The summed E-state index contributed by atoms with van der Waals surface area (Å²) in [7, 11) is 1.28. The lowest BCUT2D eigenvalue weighted by Crippen LogP contribution is -2.34. The Morgan fingerprint density at radius 1 is 1.00 bits per heavy atom.